The van der Waals surface area contributed by atoms with Crippen molar-refractivity contribution in [2.75, 3.05) is 0 Å². The number of thioether (sulfide) groups is 1. The third-order valence-corrected chi connectivity index (χ3v) is 6.53. The maximum Gasteiger partial charge on any atom is 0.330 e. The van der Waals surface area contributed by atoms with Gasteiger partial charge in [0.1, 0.15) is 5.82 Å². The lowest BCUT2D eigenvalue weighted by atomic mass is 9.89. The second-order valence-corrected chi connectivity index (χ2v) is 8.67. The number of fused-ring (bicyclic) bond motifs is 1. The molecule has 0 aromatic carbocycles. The molecule has 4 rings (SSSR count). The van der Waals surface area contributed by atoms with Crippen LogP contribution in [-0.2, 0) is 18.8 Å². The smallest absolute Gasteiger partial charge is 0.330 e. The Kier molecular flexibility index (Phi) is 6.40. The molecule has 162 valence electrons. The number of nitrogens with one attached hydrogen (secondary N) is 1. The van der Waals surface area contributed by atoms with Crippen LogP contribution in [0.4, 0.5) is 0 Å². The number of aromatic amines is 1. The Labute approximate surface area is 178 Å². The molecule has 0 unspecified atom stereocenters. The fraction of sp³-hybridized carbons (Fsp3) is 0.650. The number of nitrogens with zero attached hydrogens (tertiary/aromatic N) is 5. The van der Waals surface area contributed by atoms with Gasteiger partial charge in [-0.05, 0) is 26.2 Å². The summed E-state index contributed by atoms with van der Waals surface area (Å²) >= 11 is 1.41. The van der Waals surface area contributed by atoms with Crippen LogP contribution in [0.3, 0.4) is 0 Å². The summed E-state index contributed by atoms with van der Waals surface area (Å²) in [6, 6.07) is 0. The molecule has 0 bridgehead atoms. The molecule has 3 heterocycles. The highest BCUT2D eigenvalue weighted by Gasteiger charge is 2.22. The minimum atomic E-state index is -0.407. The lowest BCUT2D eigenvalue weighted by Gasteiger charge is -2.17. The van der Waals surface area contributed by atoms with Crippen LogP contribution in [0.15, 0.2) is 19.2 Å². The van der Waals surface area contributed by atoms with Gasteiger partial charge in [-0.1, -0.05) is 44.4 Å². The van der Waals surface area contributed by atoms with Gasteiger partial charge in [0.25, 0.3) is 10.8 Å². The zero-order chi connectivity index (χ0) is 21.1. The summed E-state index contributed by atoms with van der Waals surface area (Å²) in [5.74, 6) is 2.30. The molecule has 0 atom stereocenters. The van der Waals surface area contributed by atoms with Crippen molar-refractivity contribution in [2.24, 2.45) is 0 Å². The third kappa shape index (κ3) is 4.10. The van der Waals surface area contributed by atoms with Gasteiger partial charge in [0, 0.05) is 19.0 Å². The number of aryl methyl sites for hydroxylation is 2. The maximum absolute atomic E-state index is 12.5. The molecule has 0 radical (unpaired) electrons. The van der Waals surface area contributed by atoms with E-state index in [1.807, 2.05) is 11.5 Å². The first-order valence-electron chi connectivity index (χ1n) is 10.8. The fourth-order valence-electron chi connectivity index (χ4n) is 4.11. The van der Waals surface area contributed by atoms with E-state index in [4.69, 9.17) is 4.42 Å². The van der Waals surface area contributed by atoms with E-state index in [9.17, 15) is 9.59 Å². The number of H-pyrrole nitrogens is 1. The first-order valence-corrected chi connectivity index (χ1v) is 11.8. The molecular weight excluding hydrogens is 404 g/mol. The molecule has 0 spiro atoms. The summed E-state index contributed by atoms with van der Waals surface area (Å²) in [6.45, 7) is 5.14. The predicted molar refractivity (Wildman–Crippen MR) is 115 cm³/mol. The average Bonchev–Trinajstić information content (AvgIpc) is 3.37. The van der Waals surface area contributed by atoms with Gasteiger partial charge in [-0.15, -0.1) is 10.2 Å². The van der Waals surface area contributed by atoms with Gasteiger partial charge in [0.15, 0.2) is 11.2 Å². The van der Waals surface area contributed by atoms with Crippen molar-refractivity contribution in [3.05, 3.63) is 32.6 Å². The molecule has 0 saturated heterocycles. The normalized spacial score (nSPS) is 15.3. The molecule has 9 nitrogen and oxygen atoms in total. The third-order valence-electron chi connectivity index (χ3n) is 5.72. The van der Waals surface area contributed by atoms with Crippen molar-refractivity contribution in [3.63, 3.8) is 0 Å². The predicted octanol–water partition coefficient (Wildman–Crippen LogP) is 3.43. The van der Waals surface area contributed by atoms with Gasteiger partial charge in [-0.3, -0.25) is 14.3 Å². The highest BCUT2D eigenvalue weighted by Crippen LogP contribution is 2.33. The second-order valence-electron chi connectivity index (χ2n) is 7.74. The van der Waals surface area contributed by atoms with Crippen LogP contribution in [0.25, 0.3) is 11.2 Å². The number of aromatic nitrogens is 6. The van der Waals surface area contributed by atoms with Crippen LogP contribution >= 0.6 is 11.8 Å². The van der Waals surface area contributed by atoms with Crippen LogP contribution in [0, 0.1) is 0 Å². The molecule has 1 N–H and O–H groups in total. The maximum atomic E-state index is 12.5. The highest BCUT2D eigenvalue weighted by atomic mass is 32.2. The average molecular weight is 433 g/mol. The Morgan fingerprint density at radius 2 is 1.93 bits per heavy atom. The zero-order valence-corrected chi connectivity index (χ0v) is 18.3. The lowest BCUT2D eigenvalue weighted by molar-refractivity contribution is 0.334. The molecule has 1 fully saturated rings. The van der Waals surface area contributed by atoms with Crippen molar-refractivity contribution in [2.45, 2.75) is 88.8 Å². The highest BCUT2D eigenvalue weighted by molar-refractivity contribution is 7.98. The molecule has 3 aromatic rings. The van der Waals surface area contributed by atoms with E-state index in [1.54, 1.807) is 4.57 Å². The van der Waals surface area contributed by atoms with Crippen LogP contribution in [-0.4, -0.2) is 29.3 Å². The topological polar surface area (TPSA) is 112 Å². The largest absolute Gasteiger partial charge is 0.416 e. The van der Waals surface area contributed by atoms with E-state index in [-0.39, 0.29) is 0 Å². The van der Waals surface area contributed by atoms with Crippen molar-refractivity contribution in [1.82, 2.24) is 29.3 Å². The summed E-state index contributed by atoms with van der Waals surface area (Å²) in [4.78, 5) is 31.9. The summed E-state index contributed by atoms with van der Waals surface area (Å²) in [7, 11) is 0. The van der Waals surface area contributed by atoms with Crippen LogP contribution in [0.1, 0.15) is 76.4 Å². The van der Waals surface area contributed by atoms with E-state index in [1.165, 1.54) is 31.0 Å². The van der Waals surface area contributed by atoms with E-state index >= 15 is 0 Å². The summed E-state index contributed by atoms with van der Waals surface area (Å²) in [5, 5.41) is 8.95. The summed E-state index contributed by atoms with van der Waals surface area (Å²) in [5.41, 5.74) is 0.0842. The molecule has 30 heavy (non-hydrogen) atoms. The van der Waals surface area contributed by atoms with Crippen molar-refractivity contribution in [1.29, 1.82) is 0 Å². The number of imidazole rings is 1. The number of rotatable bonds is 8. The van der Waals surface area contributed by atoms with Gasteiger partial charge in [0.05, 0.1) is 5.75 Å². The molecule has 0 aliphatic heterocycles. The Morgan fingerprint density at radius 3 is 2.67 bits per heavy atom. The molecule has 3 aromatic heterocycles. The van der Waals surface area contributed by atoms with Gasteiger partial charge in [-0.25, -0.2) is 9.78 Å². The Morgan fingerprint density at radius 1 is 1.13 bits per heavy atom. The Bertz CT molecular complexity index is 1120. The molecule has 1 aliphatic rings. The van der Waals surface area contributed by atoms with Gasteiger partial charge < -0.3 is 8.98 Å². The SMILES string of the molecule is CCCCn1c(=O)[nH]c(=O)c2c1nc(CSc1nnc(C3CCCCC3)o1)n2CC. The fourth-order valence-corrected chi connectivity index (χ4v) is 4.83. The van der Waals surface area contributed by atoms with E-state index < -0.39 is 11.2 Å². The second kappa shape index (κ2) is 9.20. The van der Waals surface area contributed by atoms with Gasteiger partial charge in [-0.2, -0.15) is 0 Å². The van der Waals surface area contributed by atoms with Crippen molar-refractivity contribution >= 4 is 22.9 Å². The Balaban J connectivity index is 1.60. The van der Waals surface area contributed by atoms with E-state index in [2.05, 4.69) is 27.1 Å². The zero-order valence-electron chi connectivity index (χ0n) is 17.5. The minimum Gasteiger partial charge on any atom is -0.416 e. The van der Waals surface area contributed by atoms with Gasteiger partial charge >= 0.3 is 5.69 Å². The van der Waals surface area contributed by atoms with Gasteiger partial charge in [0.2, 0.25) is 5.89 Å². The standard InChI is InChI=1S/C20H28N6O3S/c1-3-5-11-26-16-15(17(27)22-19(26)28)25(4-2)14(21-16)12-30-20-24-23-18(29-20)13-9-7-6-8-10-13/h13H,3-12H2,1-2H3,(H,22,27,28). The van der Waals surface area contributed by atoms with Crippen molar-refractivity contribution in [3.8, 4) is 0 Å². The van der Waals surface area contributed by atoms with Crippen LogP contribution < -0.4 is 11.2 Å². The van der Waals surface area contributed by atoms with Crippen LogP contribution in [0.5, 0.6) is 0 Å². The molecule has 1 aliphatic carbocycles. The number of unbranched alkanes of at least 4 members (excludes halogenated alkanes) is 1. The number of hydrogen-bond donors (Lipinski definition) is 1. The summed E-state index contributed by atoms with van der Waals surface area (Å²) in [6.07, 6.45) is 7.71. The first kappa shape index (κ1) is 20.9. The summed E-state index contributed by atoms with van der Waals surface area (Å²) < 4.78 is 9.32. The molecular formula is C20H28N6O3S. The number of hydrogen-bond acceptors (Lipinski definition) is 7. The first-order chi connectivity index (χ1) is 14.6. The molecule has 10 heteroatoms. The van der Waals surface area contributed by atoms with Crippen molar-refractivity contribution < 1.29 is 4.42 Å². The Hall–Kier alpha value is -2.36. The molecule has 1 saturated carbocycles. The quantitative estimate of drug-likeness (QED) is 0.543. The monoisotopic (exact) mass is 432 g/mol. The van der Waals surface area contributed by atoms with E-state index in [0.29, 0.717) is 41.1 Å². The molecule has 0 amide bonds. The minimum absolute atomic E-state index is 0.368. The lowest BCUT2D eigenvalue weighted by Crippen LogP contribution is -2.31. The van der Waals surface area contributed by atoms with E-state index in [0.717, 1.165) is 37.4 Å². The van der Waals surface area contributed by atoms with Crippen LogP contribution in [0.2, 0.25) is 0 Å².